The largest absolute Gasteiger partial charge is 0.445 e. The molecule has 2 N–H and O–H groups in total. The van der Waals surface area contributed by atoms with Crippen molar-refractivity contribution in [1.29, 1.82) is 0 Å². The van der Waals surface area contributed by atoms with Gasteiger partial charge in [0.25, 0.3) is 11.8 Å². The lowest BCUT2D eigenvalue weighted by Crippen LogP contribution is -2.49. The molecule has 278 valence electrons. The van der Waals surface area contributed by atoms with Gasteiger partial charge >= 0.3 is 6.09 Å². The van der Waals surface area contributed by atoms with Gasteiger partial charge in [0.05, 0.1) is 31.6 Å². The Morgan fingerprint density at radius 1 is 0.865 bits per heavy atom. The minimum Gasteiger partial charge on any atom is -0.445 e. The molecule has 0 saturated carbocycles. The van der Waals surface area contributed by atoms with Crippen molar-refractivity contribution >= 4 is 26.2 Å². The van der Waals surface area contributed by atoms with E-state index < -0.39 is 44.5 Å². The molecule has 1 fully saturated rings. The van der Waals surface area contributed by atoms with E-state index in [0.717, 1.165) is 11.1 Å². The maximum absolute atomic E-state index is 14.3. The zero-order chi connectivity index (χ0) is 37.9. The average Bonchev–Trinajstić information content (AvgIpc) is 3.42. The number of hydrogen-bond donors (Lipinski definition) is 2. The fourth-order valence-corrected chi connectivity index (χ4v) is 6.46. The molecule has 0 spiro atoms. The number of ether oxygens (including phenoxy) is 3. The van der Waals surface area contributed by atoms with Crippen molar-refractivity contribution in [2.75, 3.05) is 13.2 Å². The molecular weight excluding hydrogens is 675 g/mol. The van der Waals surface area contributed by atoms with E-state index in [-0.39, 0.29) is 48.9 Å². The number of rotatable bonds is 15. The van der Waals surface area contributed by atoms with E-state index in [1.165, 1.54) is 11.0 Å². The second kappa shape index (κ2) is 18.3. The van der Waals surface area contributed by atoms with Crippen molar-refractivity contribution in [3.8, 4) is 0 Å². The molecule has 4 rings (SSSR count). The van der Waals surface area contributed by atoms with Gasteiger partial charge in [-0.05, 0) is 55.2 Å². The van der Waals surface area contributed by atoms with Gasteiger partial charge in [0.1, 0.15) is 24.5 Å². The summed E-state index contributed by atoms with van der Waals surface area (Å²) in [5, 5.41) is 5.62. The fraction of sp³-hybridized carbons (Fsp3) is 0.390. The van der Waals surface area contributed by atoms with Gasteiger partial charge in [-0.15, -0.1) is 0 Å². The van der Waals surface area contributed by atoms with Gasteiger partial charge in [0.15, 0.2) is 8.32 Å². The summed E-state index contributed by atoms with van der Waals surface area (Å²) in [6.45, 7) is 18.3. The third kappa shape index (κ3) is 10.5. The van der Waals surface area contributed by atoms with E-state index in [1.807, 2.05) is 74.5 Å². The molecule has 1 saturated heterocycles. The Hall–Kier alpha value is -4.55. The Bertz CT molecular complexity index is 1670. The van der Waals surface area contributed by atoms with Gasteiger partial charge in [0.2, 0.25) is 0 Å². The highest BCUT2D eigenvalue weighted by Gasteiger charge is 2.53. The van der Waals surface area contributed by atoms with Crippen molar-refractivity contribution in [1.82, 2.24) is 15.5 Å². The molecule has 11 heteroatoms. The van der Waals surface area contributed by atoms with Crippen LogP contribution in [-0.4, -0.2) is 68.6 Å². The van der Waals surface area contributed by atoms with Crippen LogP contribution in [0.2, 0.25) is 18.1 Å². The van der Waals surface area contributed by atoms with Crippen LogP contribution in [0.3, 0.4) is 0 Å². The molecule has 3 aromatic rings. The Morgan fingerprint density at radius 2 is 1.40 bits per heavy atom. The lowest BCUT2D eigenvalue weighted by Gasteiger charge is -2.38. The first-order valence-electron chi connectivity index (χ1n) is 17.7. The highest BCUT2D eigenvalue weighted by atomic mass is 28.4. The zero-order valence-electron chi connectivity index (χ0n) is 31.4. The smallest absolute Gasteiger partial charge is 0.414 e. The third-order valence-corrected chi connectivity index (χ3v) is 13.7. The number of amides is 3. The van der Waals surface area contributed by atoms with Crippen LogP contribution < -0.4 is 10.6 Å². The first kappa shape index (κ1) is 40.2. The Labute approximate surface area is 309 Å². The standard InChI is InChI=1S/C41H53N3O7Si/c1-9-25-48-40(47)44-33(28-51-52(7,8)41(4,5)6)36(49-26-30-19-13-10-14-20-30)37(50-27-31-21-15-11-16-22-31)35(44)34(39(46)42-29(2)3)43-38(45)32-23-17-12-18-24-32/h9-24,29,33,36-37H,1,25-28H2,2-8H3,(H,42,46)(H,43,45)/b35-34-/t33-,36+,37+/m0/s1. The van der Waals surface area contributed by atoms with Gasteiger partial charge in [-0.3, -0.25) is 14.5 Å². The highest BCUT2D eigenvalue weighted by Crippen LogP contribution is 2.40. The molecule has 1 aliphatic heterocycles. The van der Waals surface area contributed by atoms with Crippen molar-refractivity contribution < 1.29 is 33.0 Å². The van der Waals surface area contributed by atoms with Crippen LogP contribution in [0.1, 0.15) is 56.1 Å². The Balaban J connectivity index is 1.96. The molecule has 3 amide bonds. The number of hydrogen-bond acceptors (Lipinski definition) is 7. The number of carbonyl (C=O) groups excluding carboxylic acids is 3. The van der Waals surface area contributed by atoms with E-state index in [0.29, 0.717) is 5.56 Å². The molecular formula is C41H53N3O7Si. The molecule has 0 unspecified atom stereocenters. The lowest BCUT2D eigenvalue weighted by atomic mass is 10.1. The van der Waals surface area contributed by atoms with E-state index in [4.69, 9.17) is 18.6 Å². The van der Waals surface area contributed by atoms with Gasteiger partial charge < -0.3 is 29.3 Å². The molecule has 0 radical (unpaired) electrons. The molecule has 1 aliphatic rings. The Morgan fingerprint density at radius 3 is 1.92 bits per heavy atom. The summed E-state index contributed by atoms with van der Waals surface area (Å²) in [5.41, 5.74) is 2.05. The molecule has 3 aromatic carbocycles. The maximum Gasteiger partial charge on any atom is 0.414 e. The summed E-state index contributed by atoms with van der Waals surface area (Å²) < 4.78 is 25.9. The monoisotopic (exact) mass is 727 g/mol. The summed E-state index contributed by atoms with van der Waals surface area (Å²) >= 11 is 0. The highest BCUT2D eigenvalue weighted by molar-refractivity contribution is 6.74. The predicted molar refractivity (Wildman–Crippen MR) is 205 cm³/mol. The van der Waals surface area contributed by atoms with Crippen LogP contribution in [-0.2, 0) is 36.6 Å². The summed E-state index contributed by atoms with van der Waals surface area (Å²) in [4.78, 5) is 43.8. The van der Waals surface area contributed by atoms with Crippen molar-refractivity contribution in [3.05, 3.63) is 132 Å². The summed E-state index contributed by atoms with van der Waals surface area (Å²) in [7, 11) is -2.39. The normalized spacial score (nSPS) is 18.5. The van der Waals surface area contributed by atoms with E-state index in [9.17, 15) is 14.4 Å². The van der Waals surface area contributed by atoms with Crippen molar-refractivity contribution in [2.45, 2.75) is 90.3 Å². The van der Waals surface area contributed by atoms with Gasteiger partial charge in [-0.25, -0.2) is 4.79 Å². The summed E-state index contributed by atoms with van der Waals surface area (Å²) in [6.07, 6.45) is -1.18. The first-order valence-corrected chi connectivity index (χ1v) is 20.6. The number of likely N-dealkylation sites (tertiary alicyclic amines) is 1. The number of nitrogens with zero attached hydrogens (tertiary/aromatic N) is 1. The molecule has 0 aliphatic carbocycles. The van der Waals surface area contributed by atoms with Crippen LogP contribution in [0.25, 0.3) is 0 Å². The average molecular weight is 728 g/mol. The number of nitrogens with one attached hydrogen (secondary N) is 2. The fourth-order valence-electron chi connectivity index (χ4n) is 5.44. The summed E-state index contributed by atoms with van der Waals surface area (Å²) in [6, 6.07) is 26.7. The molecule has 0 aromatic heterocycles. The van der Waals surface area contributed by atoms with Crippen LogP contribution in [0.15, 0.2) is 115 Å². The Kier molecular flexibility index (Phi) is 14.1. The molecule has 52 heavy (non-hydrogen) atoms. The van der Waals surface area contributed by atoms with Crippen LogP contribution in [0.5, 0.6) is 0 Å². The third-order valence-electron chi connectivity index (χ3n) is 9.22. The molecule has 10 nitrogen and oxygen atoms in total. The predicted octanol–water partition coefficient (Wildman–Crippen LogP) is 7.35. The topological polar surface area (TPSA) is 115 Å². The van der Waals surface area contributed by atoms with Gasteiger partial charge in [-0.1, -0.05) is 112 Å². The second-order valence-corrected chi connectivity index (χ2v) is 19.4. The molecule has 0 bridgehead atoms. The molecule has 3 atom stereocenters. The van der Waals surface area contributed by atoms with Gasteiger partial charge in [-0.2, -0.15) is 0 Å². The minimum absolute atomic E-state index is 0.0551. The van der Waals surface area contributed by atoms with Crippen molar-refractivity contribution in [3.63, 3.8) is 0 Å². The van der Waals surface area contributed by atoms with Gasteiger partial charge in [0, 0.05) is 11.6 Å². The van der Waals surface area contributed by atoms with E-state index in [2.05, 4.69) is 51.1 Å². The van der Waals surface area contributed by atoms with Crippen LogP contribution in [0, 0.1) is 0 Å². The second-order valence-electron chi connectivity index (χ2n) is 14.6. The number of carbonyl (C=O) groups is 3. The van der Waals surface area contributed by atoms with Crippen LogP contribution >= 0.6 is 0 Å². The zero-order valence-corrected chi connectivity index (χ0v) is 32.4. The van der Waals surface area contributed by atoms with E-state index >= 15 is 0 Å². The summed E-state index contributed by atoms with van der Waals surface area (Å²) in [5.74, 6) is -1.14. The quantitative estimate of drug-likeness (QED) is 0.0956. The van der Waals surface area contributed by atoms with Crippen LogP contribution in [0.4, 0.5) is 4.79 Å². The molecule has 1 heterocycles. The lowest BCUT2D eigenvalue weighted by molar-refractivity contribution is -0.118. The minimum atomic E-state index is -2.39. The van der Waals surface area contributed by atoms with E-state index in [1.54, 1.807) is 30.3 Å². The first-order chi connectivity index (χ1) is 24.7. The van der Waals surface area contributed by atoms with Crippen molar-refractivity contribution in [2.24, 2.45) is 0 Å². The number of benzene rings is 3. The maximum atomic E-state index is 14.3. The SMILES string of the molecule is C=CCOC(=O)N1/C(=C(\NC(=O)c2ccccc2)C(=O)NC(C)C)[C@@H](OCc2ccccc2)[C@H](OCc2ccccc2)[C@@H]1CO[Si](C)(C)C(C)(C)C.